The first-order valence-corrected chi connectivity index (χ1v) is 6.77. The van der Waals surface area contributed by atoms with Crippen molar-refractivity contribution in [1.82, 2.24) is 20.4 Å². The zero-order valence-electron chi connectivity index (χ0n) is 9.49. The fourth-order valence-corrected chi connectivity index (χ4v) is 2.76. The van der Waals surface area contributed by atoms with Gasteiger partial charge in [0.15, 0.2) is 4.34 Å². The minimum Gasteiger partial charge on any atom is -0.315 e. The second kappa shape index (κ2) is 7.16. The Kier molecular flexibility index (Phi) is 6.16. The van der Waals surface area contributed by atoms with E-state index in [-0.39, 0.29) is 0 Å². The number of hydrogen-bond acceptors (Lipinski definition) is 6. The third-order valence-electron chi connectivity index (χ3n) is 1.75. The lowest BCUT2D eigenvalue weighted by Gasteiger charge is -2.09. The van der Waals surface area contributed by atoms with Crippen molar-refractivity contribution in [2.75, 3.05) is 39.5 Å². The molecule has 86 valence electrons. The predicted octanol–water partition coefficient (Wildman–Crippen LogP) is 1.09. The van der Waals surface area contributed by atoms with Crippen LogP contribution < -0.4 is 5.32 Å². The molecule has 0 saturated heterocycles. The van der Waals surface area contributed by atoms with Gasteiger partial charge in [-0.15, -0.1) is 10.2 Å². The number of aryl methyl sites for hydroxylation is 1. The maximum atomic E-state index is 4.06. The van der Waals surface area contributed by atoms with Gasteiger partial charge in [0.2, 0.25) is 0 Å². The fraction of sp³-hybridized carbons (Fsp3) is 0.778. The van der Waals surface area contributed by atoms with Gasteiger partial charge >= 0.3 is 0 Å². The van der Waals surface area contributed by atoms with E-state index >= 15 is 0 Å². The van der Waals surface area contributed by atoms with Gasteiger partial charge in [-0.25, -0.2) is 0 Å². The first-order chi connectivity index (χ1) is 7.18. The summed E-state index contributed by atoms with van der Waals surface area (Å²) in [6.07, 6.45) is 0. The monoisotopic (exact) mass is 246 g/mol. The summed E-state index contributed by atoms with van der Waals surface area (Å²) in [5.74, 6) is 1.06. The zero-order chi connectivity index (χ0) is 11.1. The second-order valence-electron chi connectivity index (χ2n) is 3.49. The van der Waals surface area contributed by atoms with Crippen LogP contribution in [-0.2, 0) is 0 Å². The van der Waals surface area contributed by atoms with Crippen LogP contribution in [0.25, 0.3) is 0 Å². The highest BCUT2D eigenvalue weighted by Gasteiger charge is 1.99. The van der Waals surface area contributed by atoms with E-state index in [4.69, 9.17) is 0 Å². The van der Waals surface area contributed by atoms with E-state index in [2.05, 4.69) is 34.5 Å². The van der Waals surface area contributed by atoms with Crippen LogP contribution in [0.15, 0.2) is 4.34 Å². The third-order valence-corrected chi connectivity index (χ3v) is 3.72. The summed E-state index contributed by atoms with van der Waals surface area (Å²) in [7, 11) is 4.17. The first kappa shape index (κ1) is 12.9. The lowest BCUT2D eigenvalue weighted by molar-refractivity contribution is 0.403. The molecule has 1 rings (SSSR count). The van der Waals surface area contributed by atoms with Gasteiger partial charge in [-0.2, -0.15) is 0 Å². The van der Waals surface area contributed by atoms with E-state index < -0.39 is 0 Å². The summed E-state index contributed by atoms with van der Waals surface area (Å²) in [6, 6.07) is 0. The molecule has 0 unspecified atom stereocenters. The van der Waals surface area contributed by atoms with Gasteiger partial charge in [0.05, 0.1) is 0 Å². The molecule has 0 aromatic carbocycles. The van der Waals surface area contributed by atoms with Gasteiger partial charge in [0.1, 0.15) is 5.01 Å². The van der Waals surface area contributed by atoms with Crippen molar-refractivity contribution in [3.63, 3.8) is 0 Å². The lowest BCUT2D eigenvalue weighted by atomic mass is 10.5. The molecule has 1 N–H and O–H groups in total. The van der Waals surface area contributed by atoms with Crippen LogP contribution in [0.1, 0.15) is 5.01 Å². The number of nitrogens with zero attached hydrogens (tertiary/aromatic N) is 3. The third kappa shape index (κ3) is 6.09. The molecular formula is C9H18N4S2. The molecule has 15 heavy (non-hydrogen) atoms. The van der Waals surface area contributed by atoms with E-state index in [1.54, 1.807) is 23.1 Å². The number of rotatable bonds is 7. The Morgan fingerprint density at radius 2 is 2.13 bits per heavy atom. The SMILES string of the molecule is Cc1nnc(SCCNCCN(C)C)s1. The van der Waals surface area contributed by atoms with Crippen LogP contribution in [0.4, 0.5) is 0 Å². The van der Waals surface area contributed by atoms with Crippen LogP contribution in [0, 0.1) is 6.92 Å². The fourth-order valence-electron chi connectivity index (χ4n) is 0.975. The maximum Gasteiger partial charge on any atom is 0.174 e. The Hall–Kier alpha value is -0.170. The Morgan fingerprint density at radius 1 is 1.33 bits per heavy atom. The molecule has 4 nitrogen and oxygen atoms in total. The molecule has 0 saturated carbocycles. The average Bonchev–Trinajstić information content (AvgIpc) is 2.57. The van der Waals surface area contributed by atoms with Crippen molar-refractivity contribution in [2.24, 2.45) is 0 Å². The van der Waals surface area contributed by atoms with E-state index in [9.17, 15) is 0 Å². The van der Waals surface area contributed by atoms with Gasteiger partial charge in [0.25, 0.3) is 0 Å². The van der Waals surface area contributed by atoms with Crippen LogP contribution in [0.2, 0.25) is 0 Å². The summed E-state index contributed by atoms with van der Waals surface area (Å²) >= 11 is 3.43. The molecule has 1 heterocycles. The Balaban J connectivity index is 1.98. The van der Waals surface area contributed by atoms with Gasteiger partial charge in [0, 0.05) is 25.4 Å². The number of aromatic nitrogens is 2. The minimum absolute atomic E-state index is 1.02. The Morgan fingerprint density at radius 3 is 2.73 bits per heavy atom. The van der Waals surface area contributed by atoms with Crippen molar-refractivity contribution in [3.8, 4) is 0 Å². The van der Waals surface area contributed by atoms with Crippen LogP contribution in [0.3, 0.4) is 0 Å². The van der Waals surface area contributed by atoms with E-state index in [1.807, 2.05) is 6.92 Å². The number of nitrogens with one attached hydrogen (secondary N) is 1. The molecule has 0 fully saturated rings. The molecule has 0 spiro atoms. The summed E-state index contributed by atoms with van der Waals surface area (Å²) in [5.41, 5.74) is 0. The Labute approximate surface area is 99.5 Å². The highest BCUT2D eigenvalue weighted by molar-refractivity contribution is 8.01. The van der Waals surface area contributed by atoms with Crippen molar-refractivity contribution >= 4 is 23.1 Å². The lowest BCUT2D eigenvalue weighted by Crippen LogP contribution is -2.27. The van der Waals surface area contributed by atoms with E-state index in [0.29, 0.717) is 0 Å². The smallest absolute Gasteiger partial charge is 0.174 e. The molecule has 0 aliphatic heterocycles. The van der Waals surface area contributed by atoms with Crippen molar-refractivity contribution in [3.05, 3.63) is 5.01 Å². The highest BCUT2D eigenvalue weighted by Crippen LogP contribution is 2.20. The van der Waals surface area contributed by atoms with Crippen LogP contribution >= 0.6 is 23.1 Å². The summed E-state index contributed by atoms with van der Waals surface area (Å²) in [6.45, 7) is 5.14. The molecule has 0 radical (unpaired) electrons. The standard InChI is InChI=1S/C9H18N4S2/c1-8-11-12-9(15-8)14-7-5-10-4-6-13(2)3/h10H,4-7H2,1-3H3. The Bertz CT molecular complexity index is 275. The van der Waals surface area contributed by atoms with Crippen molar-refractivity contribution in [1.29, 1.82) is 0 Å². The topological polar surface area (TPSA) is 41.1 Å². The molecule has 0 amide bonds. The van der Waals surface area contributed by atoms with Gasteiger partial charge in [-0.1, -0.05) is 23.1 Å². The normalized spacial score (nSPS) is 11.2. The molecular weight excluding hydrogens is 228 g/mol. The van der Waals surface area contributed by atoms with Crippen LogP contribution in [0.5, 0.6) is 0 Å². The maximum absolute atomic E-state index is 4.06. The minimum atomic E-state index is 1.02. The number of likely N-dealkylation sites (N-methyl/N-ethyl adjacent to an activating group) is 1. The van der Waals surface area contributed by atoms with Gasteiger partial charge < -0.3 is 10.2 Å². The molecule has 0 aliphatic carbocycles. The molecule has 6 heteroatoms. The average molecular weight is 246 g/mol. The summed E-state index contributed by atoms with van der Waals surface area (Å²) < 4.78 is 1.07. The quantitative estimate of drug-likeness (QED) is 0.576. The van der Waals surface area contributed by atoms with Crippen LogP contribution in [-0.4, -0.2) is 54.6 Å². The van der Waals surface area contributed by atoms with Crippen molar-refractivity contribution in [2.45, 2.75) is 11.3 Å². The largest absolute Gasteiger partial charge is 0.315 e. The number of hydrogen-bond donors (Lipinski definition) is 1. The predicted molar refractivity (Wildman–Crippen MR) is 66.8 cm³/mol. The molecule has 0 atom stereocenters. The molecule has 1 aromatic heterocycles. The molecule has 0 bridgehead atoms. The first-order valence-electron chi connectivity index (χ1n) is 4.97. The van der Waals surface area contributed by atoms with Crippen molar-refractivity contribution < 1.29 is 0 Å². The summed E-state index contributed by atoms with van der Waals surface area (Å²) in [4.78, 5) is 2.17. The van der Waals surface area contributed by atoms with Gasteiger partial charge in [-0.05, 0) is 21.0 Å². The zero-order valence-corrected chi connectivity index (χ0v) is 11.1. The highest BCUT2D eigenvalue weighted by atomic mass is 32.2. The van der Waals surface area contributed by atoms with Gasteiger partial charge in [-0.3, -0.25) is 0 Å². The molecule has 1 aromatic rings. The van der Waals surface area contributed by atoms with E-state index in [0.717, 1.165) is 34.7 Å². The number of thioether (sulfide) groups is 1. The molecule has 0 aliphatic rings. The summed E-state index contributed by atoms with van der Waals surface area (Å²) in [5, 5.41) is 12.5. The van der Waals surface area contributed by atoms with E-state index in [1.165, 1.54) is 0 Å². The second-order valence-corrected chi connectivity index (χ2v) is 6.01.